The number of imidazole rings is 1. The van der Waals surface area contributed by atoms with Crippen molar-refractivity contribution in [2.75, 3.05) is 7.11 Å². The highest BCUT2D eigenvalue weighted by atomic mass is 32.1. The van der Waals surface area contributed by atoms with Crippen molar-refractivity contribution in [2.24, 2.45) is 7.05 Å². The molecule has 8 heteroatoms. The zero-order chi connectivity index (χ0) is 19.5. The molecule has 4 aromatic rings. The lowest BCUT2D eigenvalue weighted by Crippen LogP contribution is -2.31. The number of aromatic nitrogens is 3. The molecular formula is C20H18N4O3S. The molecule has 0 saturated heterocycles. The van der Waals surface area contributed by atoms with Crippen molar-refractivity contribution in [3.05, 3.63) is 77.5 Å². The largest absolute Gasteiger partial charge is 0.497 e. The second kappa shape index (κ2) is 7.69. The Labute approximate surface area is 165 Å². The Morgan fingerprint density at radius 1 is 1.29 bits per heavy atom. The fourth-order valence-electron chi connectivity index (χ4n) is 2.85. The highest BCUT2D eigenvalue weighted by molar-refractivity contribution is 7.13. The topological polar surface area (TPSA) is 82.2 Å². The molecule has 1 N–H and O–H groups in total. The number of methoxy groups -OCH3 is 1. The number of nitrogens with one attached hydrogen (secondary N) is 1. The predicted molar refractivity (Wildman–Crippen MR) is 105 cm³/mol. The predicted octanol–water partition coefficient (Wildman–Crippen LogP) is 3.66. The number of nitrogens with zero attached hydrogens (tertiary/aromatic N) is 3. The average molecular weight is 394 g/mol. The van der Waals surface area contributed by atoms with Crippen LogP contribution in [0.25, 0.3) is 10.8 Å². The van der Waals surface area contributed by atoms with E-state index in [4.69, 9.17) is 9.15 Å². The van der Waals surface area contributed by atoms with Gasteiger partial charge in [-0.2, -0.15) is 0 Å². The zero-order valence-electron chi connectivity index (χ0n) is 15.3. The van der Waals surface area contributed by atoms with Gasteiger partial charge in [0.05, 0.1) is 13.4 Å². The summed E-state index contributed by atoms with van der Waals surface area (Å²) >= 11 is 1.36. The molecule has 0 fully saturated rings. The van der Waals surface area contributed by atoms with Crippen LogP contribution in [0, 0.1) is 0 Å². The van der Waals surface area contributed by atoms with E-state index in [1.54, 1.807) is 31.0 Å². The number of amides is 1. The van der Waals surface area contributed by atoms with Crippen LogP contribution in [0.1, 0.15) is 27.9 Å². The van der Waals surface area contributed by atoms with Gasteiger partial charge in [0.15, 0.2) is 10.8 Å². The van der Waals surface area contributed by atoms with Crippen LogP contribution in [0.15, 0.2) is 64.9 Å². The third kappa shape index (κ3) is 3.54. The Morgan fingerprint density at radius 3 is 2.75 bits per heavy atom. The van der Waals surface area contributed by atoms with E-state index in [1.807, 2.05) is 48.1 Å². The normalized spacial score (nSPS) is 11.9. The van der Waals surface area contributed by atoms with Gasteiger partial charge >= 0.3 is 0 Å². The van der Waals surface area contributed by atoms with Crippen molar-refractivity contribution in [3.63, 3.8) is 0 Å². The zero-order valence-corrected chi connectivity index (χ0v) is 16.1. The van der Waals surface area contributed by atoms with Crippen molar-refractivity contribution >= 4 is 17.2 Å². The Hall–Kier alpha value is -3.39. The van der Waals surface area contributed by atoms with E-state index in [0.29, 0.717) is 16.5 Å². The van der Waals surface area contributed by atoms with Gasteiger partial charge in [-0.05, 0) is 29.8 Å². The highest BCUT2D eigenvalue weighted by Crippen LogP contribution is 2.26. The van der Waals surface area contributed by atoms with E-state index in [2.05, 4.69) is 15.3 Å². The van der Waals surface area contributed by atoms with Crippen molar-refractivity contribution in [2.45, 2.75) is 6.04 Å². The van der Waals surface area contributed by atoms with E-state index in [9.17, 15) is 4.79 Å². The smallest absolute Gasteiger partial charge is 0.271 e. The van der Waals surface area contributed by atoms with Crippen molar-refractivity contribution in [1.29, 1.82) is 0 Å². The summed E-state index contributed by atoms with van der Waals surface area (Å²) in [6, 6.07) is 10.7. The summed E-state index contributed by atoms with van der Waals surface area (Å²) in [4.78, 5) is 21.7. The van der Waals surface area contributed by atoms with Gasteiger partial charge in [0, 0.05) is 24.8 Å². The number of hydrogen-bond acceptors (Lipinski definition) is 6. The molecular weight excluding hydrogens is 376 g/mol. The standard InChI is InChI=1S/C20H18N4O3S/c1-24-10-9-21-18(24)17(13-5-7-14(26-2)8-6-13)23-19(25)15-12-28-20(22-15)16-4-3-11-27-16/h3-12,17H,1-2H3,(H,23,25). The molecule has 142 valence electrons. The molecule has 3 heterocycles. The summed E-state index contributed by atoms with van der Waals surface area (Å²) < 4.78 is 12.5. The fraction of sp³-hybridized carbons (Fsp3) is 0.150. The van der Waals surface area contributed by atoms with Gasteiger partial charge in [-0.25, -0.2) is 9.97 Å². The van der Waals surface area contributed by atoms with Gasteiger partial charge in [-0.3, -0.25) is 4.79 Å². The van der Waals surface area contributed by atoms with Gasteiger partial charge in [0.1, 0.15) is 23.3 Å². The third-order valence-corrected chi connectivity index (χ3v) is 5.17. The number of thiazole rings is 1. The molecule has 0 spiro atoms. The lowest BCUT2D eigenvalue weighted by atomic mass is 10.1. The molecule has 0 aliphatic carbocycles. The molecule has 7 nitrogen and oxygen atoms in total. The molecule has 0 bridgehead atoms. The summed E-state index contributed by atoms with van der Waals surface area (Å²) in [5.74, 6) is 1.83. The molecule has 4 rings (SSSR count). The second-order valence-electron chi connectivity index (χ2n) is 6.09. The number of benzene rings is 1. The van der Waals surface area contributed by atoms with E-state index < -0.39 is 6.04 Å². The van der Waals surface area contributed by atoms with Crippen LogP contribution < -0.4 is 10.1 Å². The number of carbonyl (C=O) groups excluding carboxylic acids is 1. The fourth-order valence-corrected chi connectivity index (χ4v) is 3.61. The summed E-state index contributed by atoms with van der Waals surface area (Å²) in [7, 11) is 3.51. The first kappa shape index (κ1) is 18.0. The third-order valence-electron chi connectivity index (χ3n) is 4.31. The maximum Gasteiger partial charge on any atom is 0.271 e. The van der Waals surface area contributed by atoms with Crippen LogP contribution in [-0.2, 0) is 7.05 Å². The Morgan fingerprint density at radius 2 is 2.11 bits per heavy atom. The summed E-state index contributed by atoms with van der Waals surface area (Å²) in [6.07, 6.45) is 5.13. The monoisotopic (exact) mass is 394 g/mol. The summed E-state index contributed by atoms with van der Waals surface area (Å²) in [6.45, 7) is 0. The first-order valence-electron chi connectivity index (χ1n) is 8.57. The van der Waals surface area contributed by atoms with Crippen LogP contribution in [0.3, 0.4) is 0 Å². The van der Waals surface area contributed by atoms with Gasteiger partial charge in [-0.1, -0.05) is 12.1 Å². The van der Waals surface area contributed by atoms with E-state index in [0.717, 1.165) is 17.1 Å². The number of furan rings is 1. The molecule has 0 radical (unpaired) electrons. The minimum Gasteiger partial charge on any atom is -0.497 e. The molecule has 1 amide bonds. The van der Waals surface area contributed by atoms with Crippen LogP contribution in [0.5, 0.6) is 5.75 Å². The molecule has 3 aromatic heterocycles. The number of aryl methyl sites for hydroxylation is 1. The van der Waals surface area contributed by atoms with Crippen LogP contribution in [0.4, 0.5) is 0 Å². The lowest BCUT2D eigenvalue weighted by molar-refractivity contribution is 0.0937. The highest BCUT2D eigenvalue weighted by Gasteiger charge is 2.23. The maximum atomic E-state index is 12.9. The van der Waals surface area contributed by atoms with E-state index in [1.165, 1.54) is 11.3 Å². The van der Waals surface area contributed by atoms with Crippen LogP contribution >= 0.6 is 11.3 Å². The average Bonchev–Trinajstić information content (AvgIpc) is 3.47. The minimum absolute atomic E-state index is 0.280. The van der Waals surface area contributed by atoms with Crippen molar-refractivity contribution in [1.82, 2.24) is 19.9 Å². The number of hydrogen-bond donors (Lipinski definition) is 1. The molecule has 1 aromatic carbocycles. The van der Waals surface area contributed by atoms with Crippen LogP contribution in [0.2, 0.25) is 0 Å². The number of ether oxygens (including phenoxy) is 1. The van der Waals surface area contributed by atoms with Crippen molar-refractivity contribution < 1.29 is 13.9 Å². The van der Waals surface area contributed by atoms with Crippen LogP contribution in [-0.4, -0.2) is 27.6 Å². The number of rotatable bonds is 6. The summed E-state index contributed by atoms with van der Waals surface area (Å²) in [5.41, 5.74) is 1.23. The van der Waals surface area contributed by atoms with Crippen molar-refractivity contribution in [3.8, 4) is 16.5 Å². The SMILES string of the molecule is COc1ccc(C(NC(=O)c2csc(-c3ccco3)n2)c2nccn2C)cc1. The molecule has 0 aliphatic heterocycles. The van der Waals surface area contributed by atoms with E-state index in [-0.39, 0.29) is 5.91 Å². The molecule has 0 aliphatic rings. The molecule has 0 saturated carbocycles. The molecule has 28 heavy (non-hydrogen) atoms. The van der Waals surface area contributed by atoms with Gasteiger partial charge < -0.3 is 19.0 Å². The first-order chi connectivity index (χ1) is 13.7. The van der Waals surface area contributed by atoms with Gasteiger partial charge in [-0.15, -0.1) is 11.3 Å². The minimum atomic E-state index is -0.424. The van der Waals surface area contributed by atoms with Gasteiger partial charge in [0.2, 0.25) is 0 Å². The lowest BCUT2D eigenvalue weighted by Gasteiger charge is -2.19. The Bertz CT molecular complexity index is 1070. The Kier molecular flexibility index (Phi) is 4.94. The molecule has 1 unspecified atom stereocenters. The Balaban J connectivity index is 1.62. The quantitative estimate of drug-likeness (QED) is 0.540. The number of carbonyl (C=O) groups is 1. The maximum absolute atomic E-state index is 12.9. The summed E-state index contributed by atoms with van der Waals surface area (Å²) in [5, 5.41) is 5.42. The first-order valence-corrected chi connectivity index (χ1v) is 9.45. The molecule has 1 atom stereocenters. The second-order valence-corrected chi connectivity index (χ2v) is 6.95. The van der Waals surface area contributed by atoms with E-state index >= 15 is 0 Å². The van der Waals surface area contributed by atoms with Gasteiger partial charge in [0.25, 0.3) is 5.91 Å².